The number of aromatic nitrogens is 2. The molecular weight excluding hydrogens is 238 g/mol. The van der Waals surface area contributed by atoms with E-state index in [9.17, 15) is 4.79 Å². The Labute approximate surface area is 107 Å². The molecule has 0 radical (unpaired) electrons. The minimum atomic E-state index is -0.0490. The zero-order chi connectivity index (χ0) is 12.7. The molecule has 0 aliphatic heterocycles. The van der Waals surface area contributed by atoms with Crippen LogP contribution in [-0.2, 0) is 6.54 Å². The summed E-state index contributed by atoms with van der Waals surface area (Å²) in [6.07, 6.45) is 6.19. The maximum atomic E-state index is 12.0. The van der Waals surface area contributed by atoms with Gasteiger partial charge in [0, 0.05) is 30.9 Å². The van der Waals surface area contributed by atoms with Gasteiger partial charge in [-0.05, 0) is 26.2 Å². The first-order valence-corrected chi connectivity index (χ1v) is 6.60. The van der Waals surface area contributed by atoms with Crippen molar-refractivity contribution in [3.8, 4) is 0 Å². The average molecular weight is 258 g/mol. The first-order chi connectivity index (χ1) is 8.19. The van der Waals surface area contributed by atoms with Gasteiger partial charge in [0.1, 0.15) is 0 Å². The van der Waals surface area contributed by atoms with Gasteiger partial charge in [-0.3, -0.25) is 4.79 Å². The number of nitrogens with one attached hydrogen (secondary N) is 1. The van der Waals surface area contributed by atoms with Gasteiger partial charge >= 0.3 is 0 Å². The fraction of sp³-hybridized carbons (Fsp3) is 0.667. The SMILES string of the molecule is CCCn1ccnc(NC(C)CCCCl)c1=O. The number of anilines is 1. The summed E-state index contributed by atoms with van der Waals surface area (Å²) in [6, 6.07) is 0.214. The summed E-state index contributed by atoms with van der Waals surface area (Å²) in [7, 11) is 0. The van der Waals surface area contributed by atoms with E-state index in [1.807, 2.05) is 13.8 Å². The molecule has 1 rings (SSSR count). The van der Waals surface area contributed by atoms with Crippen LogP contribution in [0, 0.1) is 0 Å². The van der Waals surface area contributed by atoms with Crippen LogP contribution in [0.15, 0.2) is 17.2 Å². The van der Waals surface area contributed by atoms with Gasteiger partial charge < -0.3 is 9.88 Å². The van der Waals surface area contributed by atoms with Crippen molar-refractivity contribution >= 4 is 17.4 Å². The van der Waals surface area contributed by atoms with Gasteiger partial charge in [0.15, 0.2) is 5.82 Å². The normalized spacial score (nSPS) is 12.4. The Hall–Kier alpha value is -1.03. The molecule has 0 bridgehead atoms. The van der Waals surface area contributed by atoms with E-state index >= 15 is 0 Å². The first kappa shape index (κ1) is 14.0. The summed E-state index contributed by atoms with van der Waals surface area (Å²) in [6.45, 7) is 4.81. The Balaban J connectivity index is 2.70. The number of hydrogen-bond donors (Lipinski definition) is 1. The third-order valence-electron chi connectivity index (χ3n) is 2.53. The van der Waals surface area contributed by atoms with Gasteiger partial charge in [-0.15, -0.1) is 11.6 Å². The molecule has 5 heteroatoms. The summed E-state index contributed by atoms with van der Waals surface area (Å²) >= 11 is 5.64. The van der Waals surface area contributed by atoms with Crippen LogP contribution in [0.25, 0.3) is 0 Å². The highest BCUT2D eigenvalue weighted by molar-refractivity contribution is 6.17. The molecule has 0 aliphatic carbocycles. The Morgan fingerprint density at radius 1 is 1.59 bits per heavy atom. The van der Waals surface area contributed by atoms with E-state index in [0.29, 0.717) is 11.7 Å². The van der Waals surface area contributed by atoms with E-state index in [1.165, 1.54) is 0 Å². The van der Waals surface area contributed by atoms with Crippen molar-refractivity contribution in [2.75, 3.05) is 11.2 Å². The molecule has 1 heterocycles. The fourth-order valence-electron chi connectivity index (χ4n) is 1.65. The molecule has 17 heavy (non-hydrogen) atoms. The second kappa shape index (κ2) is 7.33. The molecule has 0 saturated heterocycles. The first-order valence-electron chi connectivity index (χ1n) is 6.07. The quantitative estimate of drug-likeness (QED) is 0.764. The van der Waals surface area contributed by atoms with Crippen molar-refractivity contribution in [2.24, 2.45) is 0 Å². The third kappa shape index (κ3) is 4.38. The molecule has 0 spiro atoms. The van der Waals surface area contributed by atoms with Crippen molar-refractivity contribution in [3.05, 3.63) is 22.7 Å². The lowest BCUT2D eigenvalue weighted by Crippen LogP contribution is -2.27. The summed E-state index contributed by atoms with van der Waals surface area (Å²) in [5, 5.41) is 3.14. The Bertz CT molecular complexity index is 392. The molecule has 96 valence electrons. The lowest BCUT2D eigenvalue weighted by molar-refractivity contribution is 0.641. The molecule has 1 aromatic rings. The summed E-state index contributed by atoms with van der Waals surface area (Å²) in [5.74, 6) is 1.08. The molecule has 1 unspecified atom stereocenters. The lowest BCUT2D eigenvalue weighted by Gasteiger charge is -2.14. The van der Waals surface area contributed by atoms with Gasteiger partial charge in [0.25, 0.3) is 5.56 Å². The van der Waals surface area contributed by atoms with Crippen LogP contribution in [0.5, 0.6) is 0 Å². The zero-order valence-corrected chi connectivity index (χ0v) is 11.2. The molecular formula is C12H20ClN3O. The van der Waals surface area contributed by atoms with E-state index in [-0.39, 0.29) is 11.6 Å². The molecule has 1 N–H and O–H groups in total. The number of rotatable bonds is 7. The zero-order valence-electron chi connectivity index (χ0n) is 10.4. The Morgan fingerprint density at radius 3 is 3.00 bits per heavy atom. The molecule has 1 aromatic heterocycles. The van der Waals surface area contributed by atoms with E-state index in [1.54, 1.807) is 17.0 Å². The molecule has 0 aromatic carbocycles. The largest absolute Gasteiger partial charge is 0.363 e. The maximum Gasteiger partial charge on any atom is 0.293 e. The second-order valence-electron chi connectivity index (χ2n) is 4.15. The van der Waals surface area contributed by atoms with Crippen LogP contribution in [0.3, 0.4) is 0 Å². The van der Waals surface area contributed by atoms with Crippen LogP contribution in [0.1, 0.15) is 33.1 Å². The van der Waals surface area contributed by atoms with Crippen molar-refractivity contribution in [3.63, 3.8) is 0 Å². The second-order valence-corrected chi connectivity index (χ2v) is 4.53. The fourth-order valence-corrected chi connectivity index (χ4v) is 1.81. The van der Waals surface area contributed by atoms with Crippen molar-refractivity contribution in [1.82, 2.24) is 9.55 Å². The summed E-state index contributed by atoms with van der Waals surface area (Å²) in [5.41, 5.74) is -0.0490. The molecule has 0 amide bonds. The summed E-state index contributed by atoms with van der Waals surface area (Å²) < 4.78 is 1.68. The van der Waals surface area contributed by atoms with Crippen molar-refractivity contribution in [1.29, 1.82) is 0 Å². The number of hydrogen-bond acceptors (Lipinski definition) is 3. The predicted molar refractivity (Wildman–Crippen MR) is 71.8 cm³/mol. The van der Waals surface area contributed by atoms with Gasteiger partial charge in [0.05, 0.1) is 0 Å². The van der Waals surface area contributed by atoms with Gasteiger partial charge in [-0.2, -0.15) is 0 Å². The van der Waals surface area contributed by atoms with Crippen LogP contribution < -0.4 is 10.9 Å². The Kier molecular flexibility index (Phi) is 6.05. The number of alkyl halides is 1. The van der Waals surface area contributed by atoms with Gasteiger partial charge in [-0.1, -0.05) is 6.92 Å². The molecule has 0 saturated carbocycles. The number of halogens is 1. The topological polar surface area (TPSA) is 46.9 Å². The Morgan fingerprint density at radius 2 is 2.35 bits per heavy atom. The monoisotopic (exact) mass is 257 g/mol. The van der Waals surface area contributed by atoms with Crippen LogP contribution in [-0.4, -0.2) is 21.5 Å². The van der Waals surface area contributed by atoms with Crippen molar-refractivity contribution < 1.29 is 0 Å². The smallest absolute Gasteiger partial charge is 0.293 e. The number of aryl methyl sites for hydroxylation is 1. The maximum absolute atomic E-state index is 12.0. The molecule has 0 fully saturated rings. The third-order valence-corrected chi connectivity index (χ3v) is 2.80. The van der Waals surface area contributed by atoms with Crippen LogP contribution >= 0.6 is 11.6 Å². The van der Waals surface area contributed by atoms with E-state index < -0.39 is 0 Å². The molecule has 0 aliphatic rings. The molecule has 1 atom stereocenters. The van der Waals surface area contributed by atoms with Crippen LogP contribution in [0.2, 0.25) is 0 Å². The van der Waals surface area contributed by atoms with E-state index in [0.717, 1.165) is 25.8 Å². The predicted octanol–water partition coefficient (Wildman–Crippen LogP) is 2.47. The van der Waals surface area contributed by atoms with Crippen LogP contribution in [0.4, 0.5) is 5.82 Å². The average Bonchev–Trinajstić information content (AvgIpc) is 2.32. The highest BCUT2D eigenvalue weighted by atomic mass is 35.5. The van der Waals surface area contributed by atoms with Crippen molar-refractivity contribution in [2.45, 2.75) is 45.7 Å². The highest BCUT2D eigenvalue weighted by Crippen LogP contribution is 2.04. The van der Waals surface area contributed by atoms with Gasteiger partial charge in [0.2, 0.25) is 0 Å². The minimum absolute atomic E-state index is 0.0490. The van der Waals surface area contributed by atoms with Gasteiger partial charge in [-0.25, -0.2) is 4.98 Å². The molecule has 4 nitrogen and oxygen atoms in total. The lowest BCUT2D eigenvalue weighted by atomic mass is 10.2. The standard InChI is InChI=1S/C12H20ClN3O/c1-3-8-16-9-7-14-11(12(16)17)15-10(2)5-4-6-13/h7,9-10H,3-6,8H2,1-2H3,(H,14,15). The van der Waals surface area contributed by atoms with E-state index in [2.05, 4.69) is 10.3 Å². The van der Waals surface area contributed by atoms with E-state index in [4.69, 9.17) is 11.6 Å². The number of nitrogens with zero attached hydrogens (tertiary/aromatic N) is 2. The minimum Gasteiger partial charge on any atom is -0.363 e. The highest BCUT2D eigenvalue weighted by Gasteiger charge is 2.07. The summed E-state index contributed by atoms with van der Waals surface area (Å²) in [4.78, 5) is 16.1.